The molecule has 3 aliphatic heterocycles. The van der Waals surface area contributed by atoms with Crippen LogP contribution in [-0.2, 0) is 17.8 Å². The fourth-order valence-corrected chi connectivity index (χ4v) is 7.29. The molecule has 3 fully saturated rings. The summed E-state index contributed by atoms with van der Waals surface area (Å²) in [7, 11) is 0. The fraction of sp³-hybridized carbons (Fsp3) is 0.629. The smallest absolute Gasteiger partial charge is 0.410 e. The van der Waals surface area contributed by atoms with Gasteiger partial charge in [-0.25, -0.2) is 4.79 Å². The Labute approximate surface area is 248 Å². The van der Waals surface area contributed by atoms with Gasteiger partial charge in [-0.1, -0.05) is 67.1 Å². The molecular weight excluding hydrogens is 508 g/mol. The van der Waals surface area contributed by atoms with Crippen LogP contribution in [0.5, 0.6) is 0 Å². The number of amides is 1. The Bertz CT molecular complexity index is 1070. The second-order valence-electron chi connectivity index (χ2n) is 13.6. The van der Waals surface area contributed by atoms with E-state index in [1.807, 2.05) is 25.7 Å². The second kappa shape index (κ2) is 14.2. The average Bonchev–Trinajstić information content (AvgIpc) is 3.56. The van der Waals surface area contributed by atoms with Gasteiger partial charge in [-0.15, -0.1) is 0 Å². The Kier molecular flexibility index (Phi) is 10.4. The molecule has 0 aromatic heterocycles. The Morgan fingerprint density at radius 2 is 1.71 bits per heavy atom. The van der Waals surface area contributed by atoms with Gasteiger partial charge in [0.05, 0.1) is 0 Å². The Balaban J connectivity index is 1.25. The van der Waals surface area contributed by atoms with Gasteiger partial charge in [-0.3, -0.25) is 4.90 Å². The van der Waals surface area contributed by atoms with Crippen molar-refractivity contribution in [2.75, 3.05) is 19.6 Å². The van der Waals surface area contributed by atoms with Gasteiger partial charge in [0.15, 0.2) is 0 Å². The maximum absolute atomic E-state index is 13.0. The largest absolute Gasteiger partial charge is 0.444 e. The van der Waals surface area contributed by atoms with Gasteiger partial charge in [-0.05, 0) is 95.9 Å². The zero-order chi connectivity index (χ0) is 28.7. The summed E-state index contributed by atoms with van der Waals surface area (Å²) in [4.78, 5) is 17.7. The lowest BCUT2D eigenvalue weighted by Gasteiger charge is -2.31. The van der Waals surface area contributed by atoms with Gasteiger partial charge in [0.25, 0.3) is 0 Å². The van der Waals surface area contributed by atoms with Crippen molar-refractivity contribution in [1.82, 2.24) is 20.4 Å². The van der Waals surface area contributed by atoms with Crippen LogP contribution in [0.15, 0.2) is 60.7 Å². The van der Waals surface area contributed by atoms with Gasteiger partial charge in [-0.2, -0.15) is 0 Å². The van der Waals surface area contributed by atoms with Gasteiger partial charge in [0, 0.05) is 43.8 Å². The van der Waals surface area contributed by atoms with Crippen LogP contribution in [0.25, 0.3) is 0 Å². The molecule has 1 amide bonds. The van der Waals surface area contributed by atoms with Crippen LogP contribution in [-0.4, -0.2) is 65.3 Å². The van der Waals surface area contributed by atoms with Crippen LogP contribution in [0.1, 0.15) is 83.3 Å². The molecule has 2 N–H and O–H groups in total. The summed E-state index contributed by atoms with van der Waals surface area (Å²) in [6, 6.07) is 23.6. The molecule has 3 saturated heterocycles. The molecule has 3 aliphatic rings. The second-order valence-corrected chi connectivity index (χ2v) is 13.6. The number of hydrogen-bond acceptors (Lipinski definition) is 5. The van der Waals surface area contributed by atoms with E-state index in [0.717, 1.165) is 51.9 Å². The van der Waals surface area contributed by atoms with Crippen LogP contribution in [0.4, 0.5) is 4.79 Å². The molecule has 6 heteroatoms. The maximum Gasteiger partial charge on any atom is 0.410 e. The Hall–Kier alpha value is -2.41. The van der Waals surface area contributed by atoms with Crippen molar-refractivity contribution in [1.29, 1.82) is 0 Å². The van der Waals surface area contributed by atoms with Crippen molar-refractivity contribution in [2.45, 2.75) is 115 Å². The van der Waals surface area contributed by atoms with Crippen LogP contribution in [0.3, 0.4) is 0 Å². The van der Waals surface area contributed by atoms with E-state index in [0.29, 0.717) is 24.0 Å². The standard InChI is InChI=1S/C35H52N4O2/c1-35(2,3)41-34(40)39-22-12-17-30(39)20-19-29(25-36-24-27-13-6-4-7-14-27)32-23-33-31(37-32)18-10-11-21-38(33)26-28-15-8-5-9-16-28/h4-9,13-16,29-33,36-37H,10-12,17-26H2,1-3H3/t29?,30-,31?,32?,33?/m1/s1. The zero-order valence-electron chi connectivity index (χ0n) is 25.6. The number of ether oxygens (including phenoxy) is 1. The van der Waals surface area contributed by atoms with E-state index in [4.69, 9.17) is 4.74 Å². The fourth-order valence-electron chi connectivity index (χ4n) is 7.29. The highest BCUT2D eigenvalue weighted by atomic mass is 16.6. The van der Waals surface area contributed by atoms with Crippen molar-refractivity contribution < 1.29 is 9.53 Å². The summed E-state index contributed by atoms with van der Waals surface area (Å²) in [5.41, 5.74) is 2.29. The summed E-state index contributed by atoms with van der Waals surface area (Å²) < 4.78 is 5.77. The summed E-state index contributed by atoms with van der Waals surface area (Å²) >= 11 is 0. The molecule has 3 heterocycles. The van der Waals surface area contributed by atoms with Crippen LogP contribution < -0.4 is 10.6 Å². The lowest BCUT2D eigenvalue weighted by molar-refractivity contribution is 0.0215. The molecular formula is C35H52N4O2. The highest BCUT2D eigenvalue weighted by Crippen LogP contribution is 2.33. The summed E-state index contributed by atoms with van der Waals surface area (Å²) in [5, 5.41) is 7.96. The third-order valence-electron chi connectivity index (χ3n) is 9.32. The summed E-state index contributed by atoms with van der Waals surface area (Å²) in [6.07, 6.45) is 9.23. The first kappa shape index (κ1) is 30.1. The number of benzene rings is 2. The third kappa shape index (κ3) is 8.56. The van der Waals surface area contributed by atoms with Crippen LogP contribution >= 0.6 is 0 Å². The van der Waals surface area contributed by atoms with E-state index < -0.39 is 5.60 Å². The third-order valence-corrected chi connectivity index (χ3v) is 9.32. The molecule has 0 saturated carbocycles. The lowest BCUT2D eigenvalue weighted by atomic mass is 9.89. The van der Waals surface area contributed by atoms with Gasteiger partial charge < -0.3 is 20.3 Å². The summed E-state index contributed by atoms with van der Waals surface area (Å²) in [5.74, 6) is 0.519. The van der Waals surface area contributed by atoms with Crippen molar-refractivity contribution in [3.05, 3.63) is 71.8 Å². The number of hydrogen-bond donors (Lipinski definition) is 2. The molecule has 41 heavy (non-hydrogen) atoms. The molecule has 4 unspecified atom stereocenters. The van der Waals surface area contributed by atoms with Gasteiger partial charge in [0.2, 0.25) is 0 Å². The minimum absolute atomic E-state index is 0.142. The SMILES string of the molecule is CC(C)(C)OC(=O)N1CCC[C@@H]1CCC(CNCc1ccccc1)C1CC2C(CCCCN2Cc2ccccc2)N1. The molecule has 224 valence electrons. The van der Waals surface area contributed by atoms with Crippen molar-refractivity contribution in [2.24, 2.45) is 5.92 Å². The summed E-state index contributed by atoms with van der Waals surface area (Å²) in [6.45, 7) is 10.8. The highest BCUT2D eigenvalue weighted by molar-refractivity contribution is 5.68. The van der Waals surface area contributed by atoms with E-state index in [2.05, 4.69) is 76.2 Å². The minimum atomic E-state index is -0.456. The molecule has 0 aliphatic carbocycles. The number of likely N-dealkylation sites (tertiary alicyclic amines) is 2. The first-order valence-electron chi connectivity index (χ1n) is 16.1. The lowest BCUT2D eigenvalue weighted by Crippen LogP contribution is -2.43. The molecule has 6 nitrogen and oxygen atoms in total. The van der Waals surface area contributed by atoms with Crippen LogP contribution in [0, 0.1) is 5.92 Å². The van der Waals surface area contributed by atoms with E-state index in [1.165, 1.54) is 43.4 Å². The monoisotopic (exact) mass is 560 g/mol. The number of carbonyl (C=O) groups excluding carboxylic acids is 1. The minimum Gasteiger partial charge on any atom is -0.444 e. The maximum atomic E-state index is 13.0. The molecule has 0 spiro atoms. The normalized spacial score (nSPS) is 26.0. The molecule has 0 bridgehead atoms. The predicted molar refractivity (Wildman–Crippen MR) is 167 cm³/mol. The number of carbonyl (C=O) groups is 1. The van der Waals surface area contributed by atoms with Crippen molar-refractivity contribution >= 4 is 6.09 Å². The number of rotatable bonds is 10. The Morgan fingerprint density at radius 3 is 2.44 bits per heavy atom. The van der Waals surface area contributed by atoms with E-state index >= 15 is 0 Å². The van der Waals surface area contributed by atoms with Crippen LogP contribution in [0.2, 0.25) is 0 Å². The first-order chi connectivity index (χ1) is 19.9. The molecule has 5 atom stereocenters. The predicted octanol–water partition coefficient (Wildman–Crippen LogP) is 6.36. The topological polar surface area (TPSA) is 56.8 Å². The van der Waals surface area contributed by atoms with E-state index in [1.54, 1.807) is 0 Å². The first-order valence-corrected chi connectivity index (χ1v) is 16.1. The molecule has 2 aromatic carbocycles. The number of nitrogens with zero attached hydrogens (tertiary/aromatic N) is 2. The Morgan fingerprint density at radius 1 is 0.976 bits per heavy atom. The molecule has 5 rings (SSSR count). The van der Waals surface area contributed by atoms with Gasteiger partial charge in [0.1, 0.15) is 5.60 Å². The zero-order valence-corrected chi connectivity index (χ0v) is 25.6. The van der Waals surface area contributed by atoms with Crippen molar-refractivity contribution in [3.8, 4) is 0 Å². The number of nitrogens with one attached hydrogen (secondary N) is 2. The number of fused-ring (bicyclic) bond motifs is 1. The van der Waals surface area contributed by atoms with Gasteiger partial charge >= 0.3 is 6.09 Å². The van der Waals surface area contributed by atoms with E-state index in [-0.39, 0.29) is 12.1 Å². The average molecular weight is 561 g/mol. The van der Waals surface area contributed by atoms with Crippen molar-refractivity contribution in [3.63, 3.8) is 0 Å². The van der Waals surface area contributed by atoms with E-state index in [9.17, 15) is 4.79 Å². The molecule has 2 aromatic rings. The highest BCUT2D eigenvalue weighted by Gasteiger charge is 2.41. The molecule has 0 radical (unpaired) electrons. The quantitative estimate of drug-likeness (QED) is 0.354.